The fourth-order valence-corrected chi connectivity index (χ4v) is 3.78. The standard InChI is InChI=1S/C32H46N2O9/c1-5-42-30(36)29(25-9-7-6-8-10-25)26-11-13-27(14-12-26)34-28(35)15-17-38-19-21-40-23-24-41-22-20-39-18-16-33-31(37)43-32(2,3)4/h6-14,29H,5,15-24H2,1-4H3,(H,33,37)(H,34,35). The highest BCUT2D eigenvalue weighted by Gasteiger charge is 2.24. The van der Waals surface area contributed by atoms with Crippen molar-refractivity contribution in [3.05, 3.63) is 65.7 Å². The third-order valence-corrected chi connectivity index (χ3v) is 5.69. The van der Waals surface area contributed by atoms with E-state index in [-0.39, 0.29) is 24.9 Å². The summed E-state index contributed by atoms with van der Waals surface area (Å²) in [5.74, 6) is -1.02. The van der Waals surface area contributed by atoms with Crippen molar-refractivity contribution in [2.45, 2.75) is 45.6 Å². The highest BCUT2D eigenvalue weighted by atomic mass is 16.6. The van der Waals surface area contributed by atoms with E-state index in [1.165, 1.54) is 0 Å². The quantitative estimate of drug-likeness (QED) is 0.168. The number of carbonyl (C=O) groups is 3. The Morgan fingerprint density at radius 2 is 1.26 bits per heavy atom. The molecule has 2 aromatic carbocycles. The van der Waals surface area contributed by atoms with Crippen LogP contribution < -0.4 is 10.6 Å². The van der Waals surface area contributed by atoms with E-state index in [9.17, 15) is 14.4 Å². The molecule has 0 aliphatic carbocycles. The predicted molar refractivity (Wildman–Crippen MR) is 162 cm³/mol. The Hall–Kier alpha value is -3.51. The van der Waals surface area contributed by atoms with E-state index in [1.54, 1.807) is 39.8 Å². The molecule has 238 valence electrons. The molecule has 0 fully saturated rings. The van der Waals surface area contributed by atoms with Crippen molar-refractivity contribution in [1.29, 1.82) is 0 Å². The summed E-state index contributed by atoms with van der Waals surface area (Å²) >= 11 is 0. The van der Waals surface area contributed by atoms with Gasteiger partial charge in [0.15, 0.2) is 0 Å². The maximum Gasteiger partial charge on any atom is 0.407 e. The van der Waals surface area contributed by atoms with Crippen LogP contribution in [0.4, 0.5) is 10.5 Å². The zero-order valence-corrected chi connectivity index (χ0v) is 25.7. The molecule has 2 aromatic rings. The normalized spacial score (nSPS) is 11.9. The first-order chi connectivity index (χ1) is 20.7. The minimum atomic E-state index is -0.534. The van der Waals surface area contributed by atoms with Crippen LogP contribution in [0.2, 0.25) is 0 Å². The molecule has 0 spiro atoms. The van der Waals surface area contributed by atoms with Crippen molar-refractivity contribution in [1.82, 2.24) is 5.32 Å². The average molecular weight is 603 g/mol. The summed E-state index contributed by atoms with van der Waals surface area (Å²) in [6, 6.07) is 16.6. The molecule has 0 saturated carbocycles. The lowest BCUT2D eigenvalue weighted by Crippen LogP contribution is -2.34. The number of hydrogen-bond acceptors (Lipinski definition) is 9. The molecule has 11 heteroatoms. The molecular weight excluding hydrogens is 556 g/mol. The highest BCUT2D eigenvalue weighted by molar-refractivity contribution is 5.91. The SMILES string of the molecule is CCOC(=O)C(c1ccccc1)c1ccc(NC(=O)CCOCCOCCOCCOCCNC(=O)OC(C)(C)C)cc1. The van der Waals surface area contributed by atoms with E-state index in [4.69, 9.17) is 28.4 Å². The number of amides is 2. The molecule has 0 aliphatic rings. The van der Waals surface area contributed by atoms with Crippen LogP contribution in [-0.2, 0) is 38.0 Å². The lowest BCUT2D eigenvalue weighted by molar-refractivity contribution is -0.143. The molecule has 2 amide bonds. The van der Waals surface area contributed by atoms with Crippen molar-refractivity contribution in [3.63, 3.8) is 0 Å². The Balaban J connectivity index is 1.49. The summed E-state index contributed by atoms with van der Waals surface area (Å²) < 4.78 is 32.2. The molecule has 0 aromatic heterocycles. The van der Waals surface area contributed by atoms with Gasteiger partial charge in [0, 0.05) is 12.2 Å². The molecule has 0 bridgehead atoms. The second-order valence-electron chi connectivity index (χ2n) is 10.4. The third-order valence-electron chi connectivity index (χ3n) is 5.69. The molecule has 1 unspecified atom stereocenters. The van der Waals surface area contributed by atoms with Crippen LogP contribution in [0.3, 0.4) is 0 Å². The van der Waals surface area contributed by atoms with E-state index in [1.807, 2.05) is 42.5 Å². The van der Waals surface area contributed by atoms with Crippen LogP contribution >= 0.6 is 0 Å². The summed E-state index contributed by atoms with van der Waals surface area (Å²) in [6.07, 6.45) is -0.266. The topological polar surface area (TPSA) is 131 Å². The lowest BCUT2D eigenvalue weighted by Gasteiger charge is -2.19. The number of nitrogens with one attached hydrogen (secondary N) is 2. The van der Waals surface area contributed by atoms with Gasteiger partial charge in [-0.25, -0.2) is 4.79 Å². The van der Waals surface area contributed by atoms with Crippen molar-refractivity contribution >= 4 is 23.7 Å². The van der Waals surface area contributed by atoms with Crippen molar-refractivity contribution in [2.75, 3.05) is 71.3 Å². The fraction of sp³-hybridized carbons (Fsp3) is 0.531. The van der Waals surface area contributed by atoms with Gasteiger partial charge in [0.05, 0.1) is 65.9 Å². The van der Waals surface area contributed by atoms with E-state index in [2.05, 4.69) is 10.6 Å². The van der Waals surface area contributed by atoms with Gasteiger partial charge in [0.1, 0.15) is 11.5 Å². The van der Waals surface area contributed by atoms with Gasteiger partial charge in [-0.3, -0.25) is 9.59 Å². The van der Waals surface area contributed by atoms with E-state index >= 15 is 0 Å². The van der Waals surface area contributed by atoms with Crippen LogP contribution in [-0.4, -0.2) is 89.6 Å². The predicted octanol–water partition coefficient (Wildman–Crippen LogP) is 4.30. The number of hydrogen-bond donors (Lipinski definition) is 2. The Morgan fingerprint density at radius 1 is 0.721 bits per heavy atom. The van der Waals surface area contributed by atoms with Crippen molar-refractivity contribution < 1.29 is 42.8 Å². The third kappa shape index (κ3) is 16.1. The maximum atomic E-state index is 12.6. The van der Waals surface area contributed by atoms with Gasteiger partial charge >= 0.3 is 12.1 Å². The number of anilines is 1. The maximum absolute atomic E-state index is 12.6. The Bertz CT molecular complexity index is 1070. The van der Waals surface area contributed by atoms with E-state index < -0.39 is 17.6 Å². The van der Waals surface area contributed by atoms with Crippen LogP contribution in [0, 0.1) is 0 Å². The number of rotatable bonds is 20. The van der Waals surface area contributed by atoms with Gasteiger partial charge in [0.25, 0.3) is 0 Å². The van der Waals surface area contributed by atoms with E-state index in [0.29, 0.717) is 65.1 Å². The summed E-state index contributed by atoms with van der Waals surface area (Å²) in [7, 11) is 0. The fourth-order valence-electron chi connectivity index (χ4n) is 3.78. The second-order valence-corrected chi connectivity index (χ2v) is 10.4. The van der Waals surface area contributed by atoms with Gasteiger partial charge in [-0.05, 0) is 51.0 Å². The minimum absolute atomic E-state index is 0.171. The van der Waals surface area contributed by atoms with Gasteiger partial charge in [0.2, 0.25) is 5.91 Å². The Morgan fingerprint density at radius 3 is 1.81 bits per heavy atom. The Labute approximate surface area is 254 Å². The number of benzene rings is 2. The molecule has 1 atom stereocenters. The molecule has 43 heavy (non-hydrogen) atoms. The second kappa shape index (κ2) is 20.4. The number of alkyl carbamates (subject to hydrolysis) is 1. The number of esters is 1. The van der Waals surface area contributed by atoms with Crippen molar-refractivity contribution in [3.8, 4) is 0 Å². The molecule has 2 N–H and O–H groups in total. The van der Waals surface area contributed by atoms with Crippen LogP contribution in [0.15, 0.2) is 54.6 Å². The summed E-state index contributed by atoms with van der Waals surface area (Å²) in [5, 5.41) is 5.46. The first-order valence-electron chi connectivity index (χ1n) is 14.6. The van der Waals surface area contributed by atoms with Gasteiger partial charge in [-0.15, -0.1) is 0 Å². The molecule has 0 radical (unpaired) electrons. The molecule has 0 aliphatic heterocycles. The zero-order chi connectivity index (χ0) is 31.3. The lowest BCUT2D eigenvalue weighted by atomic mass is 9.91. The van der Waals surface area contributed by atoms with Gasteiger partial charge < -0.3 is 39.1 Å². The first-order valence-corrected chi connectivity index (χ1v) is 14.6. The van der Waals surface area contributed by atoms with Crippen molar-refractivity contribution in [2.24, 2.45) is 0 Å². The molecule has 0 heterocycles. The first kappa shape index (κ1) is 35.7. The number of carbonyl (C=O) groups excluding carboxylic acids is 3. The van der Waals surface area contributed by atoms with Gasteiger partial charge in [-0.2, -0.15) is 0 Å². The smallest absolute Gasteiger partial charge is 0.407 e. The van der Waals surface area contributed by atoms with Crippen LogP contribution in [0.5, 0.6) is 0 Å². The molecule has 2 rings (SSSR count). The van der Waals surface area contributed by atoms with Crippen LogP contribution in [0.25, 0.3) is 0 Å². The average Bonchev–Trinajstić information content (AvgIpc) is 2.96. The van der Waals surface area contributed by atoms with Gasteiger partial charge in [-0.1, -0.05) is 42.5 Å². The molecule has 11 nitrogen and oxygen atoms in total. The number of ether oxygens (including phenoxy) is 6. The minimum Gasteiger partial charge on any atom is -0.465 e. The molecular formula is C32H46N2O9. The largest absolute Gasteiger partial charge is 0.465 e. The van der Waals surface area contributed by atoms with Crippen LogP contribution in [0.1, 0.15) is 51.2 Å². The summed E-state index contributed by atoms with van der Waals surface area (Å²) in [4.78, 5) is 36.4. The molecule has 0 saturated heterocycles. The van der Waals surface area contributed by atoms with E-state index in [0.717, 1.165) is 11.1 Å². The monoisotopic (exact) mass is 602 g/mol. The summed E-state index contributed by atoms with van der Waals surface area (Å²) in [5.41, 5.74) is 1.74. The summed E-state index contributed by atoms with van der Waals surface area (Å²) in [6.45, 7) is 10.9. The highest BCUT2D eigenvalue weighted by Crippen LogP contribution is 2.27. The Kier molecular flexibility index (Phi) is 16.9. The zero-order valence-electron chi connectivity index (χ0n) is 25.7.